The topological polar surface area (TPSA) is 58.1 Å². The van der Waals surface area contributed by atoms with Crippen LogP contribution in [0.15, 0.2) is 42.6 Å². The number of benzene rings is 1. The summed E-state index contributed by atoms with van der Waals surface area (Å²) < 4.78 is 0. The Kier molecular flexibility index (Phi) is 5.04. The molecule has 7 heteroatoms. The fourth-order valence-electron chi connectivity index (χ4n) is 3.24. The Morgan fingerprint density at radius 1 is 1.35 bits per heavy atom. The molecule has 134 valence electrons. The number of carbonyl (C=O) groups is 1. The van der Waals surface area contributed by atoms with Crippen LogP contribution in [0.5, 0.6) is 0 Å². The first-order valence-electron chi connectivity index (χ1n) is 8.68. The molecule has 5 nitrogen and oxygen atoms in total. The van der Waals surface area contributed by atoms with Crippen molar-refractivity contribution in [1.82, 2.24) is 15.3 Å². The number of halogens is 1. The number of aromatic nitrogens is 2. The van der Waals surface area contributed by atoms with Crippen molar-refractivity contribution < 1.29 is 4.79 Å². The van der Waals surface area contributed by atoms with Gasteiger partial charge in [-0.1, -0.05) is 35.1 Å². The molecule has 0 radical (unpaired) electrons. The van der Waals surface area contributed by atoms with Gasteiger partial charge in [0.2, 0.25) is 5.91 Å². The largest absolute Gasteiger partial charge is 0.352 e. The minimum atomic E-state index is -0.0251. The van der Waals surface area contributed by atoms with Crippen molar-refractivity contribution in [3.63, 3.8) is 0 Å². The van der Waals surface area contributed by atoms with Gasteiger partial charge in [-0.05, 0) is 42.7 Å². The monoisotopic (exact) mass is 386 g/mol. The molecule has 1 aliphatic rings. The maximum absolute atomic E-state index is 12.6. The van der Waals surface area contributed by atoms with Crippen molar-refractivity contribution in [2.24, 2.45) is 5.92 Å². The molecule has 3 heterocycles. The number of fused-ring (bicyclic) bond motifs is 1. The molecule has 26 heavy (non-hydrogen) atoms. The highest BCUT2D eigenvalue weighted by Gasteiger charge is 2.27. The van der Waals surface area contributed by atoms with Crippen LogP contribution in [0.3, 0.4) is 0 Å². The van der Waals surface area contributed by atoms with Crippen LogP contribution in [0.2, 0.25) is 5.02 Å². The van der Waals surface area contributed by atoms with E-state index in [0.29, 0.717) is 18.1 Å². The Hall–Kier alpha value is -2.18. The standard InChI is InChI=1S/C19H19ClN4OS/c20-15-6-1-4-13(10-15)11-22-17(25)14-5-3-9-24(12-14)19-23-16-7-2-8-21-18(16)26-19/h1-2,4,6-8,10,14H,3,5,9,11-12H2,(H,22,25)/t14-/m1/s1. The highest BCUT2D eigenvalue weighted by molar-refractivity contribution is 7.21. The number of rotatable bonds is 4. The minimum absolute atomic E-state index is 0.0251. The van der Waals surface area contributed by atoms with Gasteiger partial charge in [-0.2, -0.15) is 0 Å². The van der Waals surface area contributed by atoms with Gasteiger partial charge >= 0.3 is 0 Å². The van der Waals surface area contributed by atoms with Crippen molar-refractivity contribution in [3.05, 3.63) is 53.2 Å². The second-order valence-corrected chi connectivity index (χ2v) is 7.85. The third kappa shape index (κ3) is 3.81. The van der Waals surface area contributed by atoms with Gasteiger partial charge in [0.05, 0.1) is 5.92 Å². The summed E-state index contributed by atoms with van der Waals surface area (Å²) >= 11 is 7.59. The summed E-state index contributed by atoms with van der Waals surface area (Å²) in [6.07, 6.45) is 3.67. The van der Waals surface area contributed by atoms with E-state index in [1.54, 1.807) is 17.5 Å². The van der Waals surface area contributed by atoms with Crippen molar-refractivity contribution in [3.8, 4) is 0 Å². The smallest absolute Gasteiger partial charge is 0.225 e. The van der Waals surface area contributed by atoms with Crippen LogP contribution in [0.4, 0.5) is 5.13 Å². The molecular weight excluding hydrogens is 368 g/mol. The van der Waals surface area contributed by atoms with Gasteiger partial charge in [0.25, 0.3) is 0 Å². The fourth-order valence-corrected chi connectivity index (χ4v) is 4.40. The van der Waals surface area contributed by atoms with Gasteiger partial charge in [0, 0.05) is 30.9 Å². The molecule has 1 aliphatic heterocycles. The molecule has 4 rings (SSSR count). The Balaban J connectivity index is 1.40. The first kappa shape index (κ1) is 17.2. The molecule has 2 aromatic heterocycles. The van der Waals surface area contributed by atoms with E-state index in [0.717, 1.165) is 40.4 Å². The van der Waals surface area contributed by atoms with E-state index >= 15 is 0 Å². The van der Waals surface area contributed by atoms with Crippen LogP contribution < -0.4 is 10.2 Å². The fraction of sp³-hybridized carbons (Fsp3) is 0.316. The van der Waals surface area contributed by atoms with Crippen LogP contribution in [0, 0.1) is 5.92 Å². The molecule has 0 bridgehead atoms. The summed E-state index contributed by atoms with van der Waals surface area (Å²) in [6.45, 7) is 2.13. The predicted molar refractivity (Wildman–Crippen MR) is 106 cm³/mol. The van der Waals surface area contributed by atoms with E-state index in [4.69, 9.17) is 11.6 Å². The summed E-state index contributed by atoms with van der Waals surface area (Å²) in [6, 6.07) is 11.4. The van der Waals surface area contributed by atoms with Crippen LogP contribution in [-0.2, 0) is 11.3 Å². The minimum Gasteiger partial charge on any atom is -0.352 e. The summed E-state index contributed by atoms with van der Waals surface area (Å²) in [7, 11) is 0. The number of nitrogens with one attached hydrogen (secondary N) is 1. The average Bonchev–Trinajstić information content (AvgIpc) is 3.10. The summed E-state index contributed by atoms with van der Waals surface area (Å²) in [5, 5.41) is 4.68. The number of nitrogens with zero attached hydrogens (tertiary/aromatic N) is 3. The zero-order valence-electron chi connectivity index (χ0n) is 14.2. The van der Waals surface area contributed by atoms with Gasteiger partial charge in [-0.15, -0.1) is 0 Å². The normalized spacial score (nSPS) is 17.4. The van der Waals surface area contributed by atoms with E-state index in [-0.39, 0.29) is 11.8 Å². The molecule has 0 saturated carbocycles. The molecule has 0 spiro atoms. The average molecular weight is 387 g/mol. The molecule has 1 saturated heterocycles. The lowest BCUT2D eigenvalue weighted by atomic mass is 9.97. The number of carbonyl (C=O) groups excluding carboxylic acids is 1. The molecule has 1 aromatic carbocycles. The van der Waals surface area contributed by atoms with Crippen molar-refractivity contribution in [2.75, 3.05) is 18.0 Å². The Bertz CT molecular complexity index is 896. The number of hydrogen-bond donors (Lipinski definition) is 1. The van der Waals surface area contributed by atoms with Gasteiger partial charge in [-0.25, -0.2) is 9.97 Å². The van der Waals surface area contributed by atoms with Crippen LogP contribution in [0.1, 0.15) is 18.4 Å². The molecule has 1 fully saturated rings. The molecule has 1 atom stereocenters. The molecule has 1 N–H and O–H groups in total. The lowest BCUT2D eigenvalue weighted by Crippen LogP contribution is -2.42. The van der Waals surface area contributed by atoms with E-state index < -0.39 is 0 Å². The summed E-state index contributed by atoms with van der Waals surface area (Å²) in [5.74, 6) is 0.0665. The lowest BCUT2D eigenvalue weighted by molar-refractivity contribution is -0.125. The first-order valence-corrected chi connectivity index (χ1v) is 9.87. The molecule has 0 unspecified atom stereocenters. The van der Waals surface area contributed by atoms with Crippen molar-refractivity contribution in [2.45, 2.75) is 19.4 Å². The van der Waals surface area contributed by atoms with E-state index in [1.165, 1.54) is 0 Å². The highest BCUT2D eigenvalue weighted by atomic mass is 35.5. The van der Waals surface area contributed by atoms with Crippen molar-refractivity contribution in [1.29, 1.82) is 0 Å². The van der Waals surface area contributed by atoms with Crippen LogP contribution in [-0.4, -0.2) is 29.0 Å². The zero-order chi connectivity index (χ0) is 17.9. The first-order chi connectivity index (χ1) is 12.7. The summed E-state index contributed by atoms with van der Waals surface area (Å²) in [5.41, 5.74) is 1.93. The van der Waals surface area contributed by atoms with Crippen LogP contribution >= 0.6 is 22.9 Å². The highest BCUT2D eigenvalue weighted by Crippen LogP contribution is 2.30. The number of hydrogen-bond acceptors (Lipinski definition) is 5. The SMILES string of the molecule is O=C(NCc1cccc(Cl)c1)[C@@H]1CCCN(c2nc3cccnc3s2)C1. The second-order valence-electron chi connectivity index (χ2n) is 6.46. The molecular formula is C19H19ClN4OS. The maximum Gasteiger partial charge on any atom is 0.225 e. The molecule has 0 aliphatic carbocycles. The van der Waals surface area contributed by atoms with E-state index in [1.807, 2.05) is 36.4 Å². The molecule has 1 amide bonds. The quantitative estimate of drug-likeness (QED) is 0.739. The number of piperidine rings is 1. The van der Waals surface area contributed by atoms with Crippen LogP contribution in [0.25, 0.3) is 10.3 Å². The second kappa shape index (κ2) is 7.60. The Morgan fingerprint density at radius 2 is 2.27 bits per heavy atom. The van der Waals surface area contributed by atoms with E-state index in [2.05, 4.69) is 20.2 Å². The summed E-state index contributed by atoms with van der Waals surface area (Å²) in [4.78, 5) is 24.8. The number of thiazole rings is 1. The number of amides is 1. The van der Waals surface area contributed by atoms with Gasteiger partial charge in [-0.3, -0.25) is 4.79 Å². The maximum atomic E-state index is 12.6. The van der Waals surface area contributed by atoms with Crippen molar-refractivity contribution >= 4 is 44.3 Å². The Morgan fingerprint density at radius 3 is 3.12 bits per heavy atom. The number of pyridine rings is 1. The van der Waals surface area contributed by atoms with Gasteiger partial charge in [0.1, 0.15) is 10.3 Å². The lowest BCUT2D eigenvalue weighted by Gasteiger charge is -2.31. The number of anilines is 1. The Labute approximate surface area is 161 Å². The zero-order valence-corrected chi connectivity index (χ0v) is 15.8. The van der Waals surface area contributed by atoms with Gasteiger partial charge in [0.15, 0.2) is 5.13 Å². The van der Waals surface area contributed by atoms with Gasteiger partial charge < -0.3 is 10.2 Å². The third-order valence-electron chi connectivity index (χ3n) is 4.57. The third-order valence-corrected chi connectivity index (χ3v) is 5.85. The van der Waals surface area contributed by atoms with E-state index in [9.17, 15) is 4.79 Å². The predicted octanol–water partition coefficient (Wildman–Crippen LogP) is 3.88. The molecule has 3 aromatic rings.